The smallest absolute Gasteiger partial charge is 0.354 e. The Hall–Kier alpha value is -1.88. The van der Waals surface area contributed by atoms with Crippen molar-refractivity contribution in [1.82, 2.24) is 19.5 Å². The van der Waals surface area contributed by atoms with Gasteiger partial charge in [-0.1, -0.05) is 6.58 Å². The average Bonchev–Trinajstić information content (AvgIpc) is 3.08. The summed E-state index contributed by atoms with van der Waals surface area (Å²) >= 11 is 0. The molecule has 2 bridgehead atoms. The number of aromatic nitrogens is 4. The molecule has 6 atom stereocenters. The van der Waals surface area contributed by atoms with Gasteiger partial charge in [0.1, 0.15) is 30.5 Å². The number of allylic oxidation sites excluding steroid dienone is 1. The Bertz CT molecular complexity index is 1020. The van der Waals surface area contributed by atoms with Crippen LogP contribution in [0, 0.1) is 0 Å². The van der Waals surface area contributed by atoms with E-state index >= 15 is 0 Å². The van der Waals surface area contributed by atoms with E-state index in [-0.39, 0.29) is 11.1 Å². The lowest BCUT2D eigenvalue weighted by Crippen LogP contribution is -2.46. The third-order valence-corrected chi connectivity index (χ3v) is 6.94. The molecule has 2 aromatic heterocycles. The number of rotatable bonds is 4. The molecule has 1 saturated heterocycles. The highest BCUT2D eigenvalue weighted by molar-refractivity contribution is 7.57. The molecule has 5 N–H and O–H groups in total. The lowest BCUT2D eigenvalue weighted by molar-refractivity contribution is -0.101. The first-order chi connectivity index (χ1) is 13.0. The van der Waals surface area contributed by atoms with E-state index < -0.39 is 43.7 Å². The van der Waals surface area contributed by atoms with Crippen LogP contribution in [-0.2, 0) is 13.8 Å². The normalized spacial score (nSPS) is 31.6. The summed E-state index contributed by atoms with van der Waals surface area (Å²) in [5.74, 6) is -0.305. The molecule has 0 aromatic carbocycles. The number of hydrogen-bond donors (Lipinski definition) is 4. The molecule has 2 aromatic rings. The fraction of sp³-hybridized carbons (Fsp3) is 0.562. The zero-order valence-electron chi connectivity index (χ0n) is 15.6. The first kappa shape index (κ1) is 19.4. The predicted molar refractivity (Wildman–Crippen MR) is 98.2 cm³/mol. The number of aliphatic hydroxyl groups is 2. The molecule has 152 valence electrons. The first-order valence-corrected chi connectivity index (χ1v) is 10.2. The number of anilines is 1. The van der Waals surface area contributed by atoms with Gasteiger partial charge in [-0.3, -0.25) is 13.7 Å². The van der Waals surface area contributed by atoms with Crippen molar-refractivity contribution in [1.29, 1.82) is 0 Å². The molecule has 4 heterocycles. The van der Waals surface area contributed by atoms with Gasteiger partial charge in [-0.15, -0.1) is 0 Å². The second-order valence-corrected chi connectivity index (χ2v) is 9.66. The van der Waals surface area contributed by atoms with Crippen molar-refractivity contribution >= 4 is 24.6 Å². The quantitative estimate of drug-likeness (QED) is 0.524. The number of nitrogen functional groups attached to an aromatic ring is 1. The Balaban J connectivity index is 1.91. The van der Waals surface area contributed by atoms with E-state index in [1.807, 2.05) is 0 Å². The van der Waals surface area contributed by atoms with Gasteiger partial charge < -0.3 is 25.6 Å². The maximum Gasteiger partial charge on any atom is 0.354 e. The van der Waals surface area contributed by atoms with Gasteiger partial charge in [0.05, 0.1) is 11.5 Å². The Kier molecular flexibility index (Phi) is 4.20. The van der Waals surface area contributed by atoms with E-state index in [2.05, 4.69) is 21.5 Å². The van der Waals surface area contributed by atoms with Crippen molar-refractivity contribution in [2.75, 3.05) is 5.73 Å². The Labute approximate surface area is 160 Å². The van der Waals surface area contributed by atoms with Crippen molar-refractivity contribution in [3.05, 3.63) is 24.0 Å². The Morgan fingerprint density at radius 1 is 1.39 bits per heavy atom. The summed E-state index contributed by atoms with van der Waals surface area (Å²) < 4.78 is 25.4. The minimum absolute atomic E-state index is 0.0224. The van der Waals surface area contributed by atoms with E-state index in [9.17, 15) is 19.7 Å². The summed E-state index contributed by atoms with van der Waals surface area (Å²) in [6.07, 6.45) is -3.09. The molecule has 4 rings (SSSR count). The van der Waals surface area contributed by atoms with Gasteiger partial charge in [-0.2, -0.15) is 0 Å². The van der Waals surface area contributed by atoms with Crippen LogP contribution in [0.4, 0.5) is 5.82 Å². The predicted octanol–water partition coefficient (Wildman–Crippen LogP) is 0.639. The Morgan fingerprint density at radius 2 is 2.07 bits per heavy atom. The summed E-state index contributed by atoms with van der Waals surface area (Å²) in [5.41, 5.74) is 5.22. The fourth-order valence-corrected chi connectivity index (χ4v) is 4.80. The van der Waals surface area contributed by atoms with Crippen LogP contribution < -0.4 is 5.73 Å². The van der Waals surface area contributed by atoms with Crippen LogP contribution in [0.25, 0.3) is 11.2 Å². The molecule has 0 amide bonds. The van der Waals surface area contributed by atoms with Gasteiger partial charge >= 0.3 is 7.60 Å². The van der Waals surface area contributed by atoms with Crippen LogP contribution in [0.3, 0.4) is 0 Å². The first-order valence-electron chi connectivity index (χ1n) is 8.65. The van der Waals surface area contributed by atoms with Crippen LogP contribution in [-0.4, -0.2) is 58.5 Å². The molecule has 2 aliphatic rings. The van der Waals surface area contributed by atoms with E-state index in [0.29, 0.717) is 17.0 Å². The summed E-state index contributed by atoms with van der Waals surface area (Å²) in [7, 11) is -4.15. The number of hydrogen-bond acceptors (Lipinski definition) is 9. The van der Waals surface area contributed by atoms with Gasteiger partial charge in [0.25, 0.3) is 0 Å². The van der Waals surface area contributed by atoms with Crippen molar-refractivity contribution in [3.63, 3.8) is 0 Å². The van der Waals surface area contributed by atoms with Crippen molar-refractivity contribution in [3.8, 4) is 0 Å². The highest BCUT2D eigenvalue weighted by Gasteiger charge is 2.59. The van der Waals surface area contributed by atoms with Gasteiger partial charge in [0.2, 0.25) is 0 Å². The number of nitrogens with zero attached hydrogens (tertiary/aromatic N) is 4. The van der Waals surface area contributed by atoms with Crippen LogP contribution >= 0.6 is 7.60 Å². The zero-order chi connectivity index (χ0) is 20.6. The highest BCUT2D eigenvalue weighted by atomic mass is 31.2. The van der Waals surface area contributed by atoms with Gasteiger partial charge in [0.15, 0.2) is 23.2 Å². The number of imidazole rings is 1. The fourth-order valence-electron chi connectivity index (χ4n) is 3.89. The molecule has 0 radical (unpaired) electrons. The number of nitrogens with two attached hydrogens (primary N) is 1. The molecule has 0 aliphatic carbocycles. The standard InChI is InChI=1S/C16H22N5O6P/c1-6(2)28(24,25)27-16(3,4)7-11-9(22)10(23)15(26-11)21-13(7)20-8-12(17)18-5-19-14(8)21/h5,7,9-11,15,22-23H,1H2,2-4H3,(H,24,25)(H2,17,18,19)/t7?,9?,10-,11?,15?/m1/s1. The second-order valence-electron chi connectivity index (χ2n) is 7.67. The molecule has 5 unspecified atom stereocenters. The lowest BCUT2D eigenvalue weighted by atomic mass is 9.83. The molecule has 11 nitrogen and oxygen atoms in total. The van der Waals surface area contributed by atoms with Crippen LogP contribution in [0.1, 0.15) is 38.7 Å². The Morgan fingerprint density at radius 3 is 2.71 bits per heavy atom. The second kappa shape index (κ2) is 6.06. The SMILES string of the molecule is C=C(C)P(=O)(O)OC(C)(C)C1c2nc3c(N)ncnc3n2C2OC1C(O)[C@H]2O. The number of ether oxygens (including phenoxy) is 1. The molecule has 0 spiro atoms. The van der Waals surface area contributed by atoms with Crippen molar-refractivity contribution in [2.24, 2.45) is 0 Å². The molecule has 28 heavy (non-hydrogen) atoms. The van der Waals surface area contributed by atoms with E-state index in [4.69, 9.17) is 15.0 Å². The van der Waals surface area contributed by atoms with Gasteiger partial charge in [-0.25, -0.2) is 15.0 Å². The van der Waals surface area contributed by atoms with Crippen LogP contribution in [0.5, 0.6) is 0 Å². The average molecular weight is 411 g/mol. The third-order valence-electron chi connectivity index (χ3n) is 5.26. The van der Waals surface area contributed by atoms with Gasteiger partial charge in [-0.05, 0) is 20.8 Å². The molecular weight excluding hydrogens is 389 g/mol. The largest absolute Gasteiger partial charge is 0.387 e. The summed E-state index contributed by atoms with van der Waals surface area (Å²) in [5, 5.41) is 21.0. The minimum Gasteiger partial charge on any atom is -0.387 e. The van der Waals surface area contributed by atoms with Crippen LogP contribution in [0.2, 0.25) is 0 Å². The third kappa shape index (κ3) is 2.62. The molecule has 1 fully saturated rings. The molecule has 2 aliphatic heterocycles. The maximum atomic E-state index is 12.5. The van der Waals surface area contributed by atoms with Crippen molar-refractivity contribution < 1.29 is 28.9 Å². The lowest BCUT2D eigenvalue weighted by Gasteiger charge is -2.41. The van der Waals surface area contributed by atoms with E-state index in [1.54, 1.807) is 13.8 Å². The molecular formula is C16H22N5O6P. The minimum atomic E-state index is -4.15. The molecule has 0 saturated carbocycles. The van der Waals surface area contributed by atoms with Crippen molar-refractivity contribution in [2.45, 2.75) is 56.8 Å². The topological polar surface area (TPSA) is 166 Å². The zero-order valence-corrected chi connectivity index (χ0v) is 16.4. The highest BCUT2D eigenvalue weighted by Crippen LogP contribution is 2.58. The maximum absolute atomic E-state index is 12.5. The number of fused-ring (bicyclic) bond motifs is 6. The summed E-state index contributed by atoms with van der Waals surface area (Å²) in [4.78, 5) is 22.8. The number of aliphatic hydroxyl groups excluding tert-OH is 2. The monoisotopic (exact) mass is 411 g/mol. The van der Waals surface area contributed by atoms with E-state index in [0.717, 1.165) is 0 Å². The molecule has 12 heteroatoms. The van der Waals surface area contributed by atoms with E-state index in [1.165, 1.54) is 17.8 Å². The van der Waals surface area contributed by atoms with Crippen LogP contribution in [0.15, 0.2) is 18.2 Å². The van der Waals surface area contributed by atoms with Gasteiger partial charge in [0, 0.05) is 5.31 Å². The summed E-state index contributed by atoms with van der Waals surface area (Å²) in [6, 6.07) is 0. The summed E-state index contributed by atoms with van der Waals surface area (Å²) in [6.45, 7) is 8.07.